The van der Waals surface area contributed by atoms with E-state index < -0.39 is 0 Å². The fourth-order valence-corrected chi connectivity index (χ4v) is 3.81. The Hall–Kier alpha value is -1.80. The first-order valence-electron chi connectivity index (χ1n) is 8.61. The zero-order chi connectivity index (χ0) is 16.5. The van der Waals surface area contributed by atoms with Crippen LogP contribution in [0.3, 0.4) is 0 Å². The van der Waals surface area contributed by atoms with Gasteiger partial charge in [0, 0.05) is 49.0 Å². The summed E-state index contributed by atoms with van der Waals surface area (Å²) in [5.41, 5.74) is 9.94. The van der Waals surface area contributed by atoms with Crippen LogP contribution in [0.4, 0.5) is 0 Å². The highest BCUT2D eigenvalue weighted by Gasteiger charge is 2.42. The summed E-state index contributed by atoms with van der Waals surface area (Å²) in [5, 5.41) is 17.4. The molecule has 2 aliphatic rings. The van der Waals surface area contributed by atoms with Gasteiger partial charge in [0.1, 0.15) is 0 Å². The van der Waals surface area contributed by atoms with Crippen molar-refractivity contribution in [3.8, 4) is 0 Å². The Morgan fingerprint density at radius 3 is 3.08 bits per heavy atom. The van der Waals surface area contributed by atoms with E-state index in [9.17, 15) is 5.11 Å². The van der Waals surface area contributed by atoms with E-state index in [1.165, 1.54) is 5.56 Å². The third-order valence-electron chi connectivity index (χ3n) is 5.19. The minimum atomic E-state index is 0.0458. The monoisotopic (exact) mass is 328 g/mol. The Bertz CT molecular complexity index is 702. The van der Waals surface area contributed by atoms with Crippen LogP contribution in [0.15, 0.2) is 30.7 Å². The molecule has 0 saturated carbocycles. The number of rotatable bonds is 4. The summed E-state index contributed by atoms with van der Waals surface area (Å²) < 4.78 is 1.97. The molecule has 0 spiro atoms. The second-order valence-corrected chi connectivity index (χ2v) is 6.61. The van der Waals surface area contributed by atoms with Crippen molar-refractivity contribution in [3.63, 3.8) is 0 Å². The molecule has 2 aromatic rings. The van der Waals surface area contributed by atoms with Crippen molar-refractivity contribution >= 4 is 0 Å². The summed E-state index contributed by atoms with van der Waals surface area (Å²) in [5.74, 6) is 0.447. The number of hydrogen-bond donors (Lipinski definition) is 4. The van der Waals surface area contributed by atoms with Crippen LogP contribution < -0.4 is 16.2 Å². The quantitative estimate of drug-likeness (QED) is 0.660. The Morgan fingerprint density at radius 1 is 1.38 bits per heavy atom. The number of aliphatic hydroxyl groups excluding tert-OH is 1. The van der Waals surface area contributed by atoms with Gasteiger partial charge >= 0.3 is 0 Å². The molecule has 4 N–H and O–H groups in total. The van der Waals surface area contributed by atoms with Crippen LogP contribution >= 0.6 is 0 Å². The molecular weight excluding hydrogens is 304 g/mol. The smallest absolute Gasteiger partial charge is 0.0683 e. The second kappa shape index (κ2) is 6.60. The van der Waals surface area contributed by atoms with E-state index in [1.54, 1.807) is 6.20 Å². The van der Waals surface area contributed by atoms with Gasteiger partial charge in [0.2, 0.25) is 0 Å². The van der Waals surface area contributed by atoms with Gasteiger partial charge in [-0.15, -0.1) is 0 Å². The Morgan fingerprint density at radius 2 is 2.29 bits per heavy atom. The third-order valence-corrected chi connectivity index (χ3v) is 5.19. The maximum atomic E-state index is 9.37. The number of hydrogen-bond acceptors (Lipinski definition) is 6. The van der Waals surface area contributed by atoms with Gasteiger partial charge in [-0.05, 0) is 31.0 Å². The molecule has 4 heterocycles. The van der Waals surface area contributed by atoms with Crippen LogP contribution in [-0.2, 0) is 13.2 Å². The van der Waals surface area contributed by atoms with E-state index in [2.05, 4.69) is 39.4 Å². The molecule has 0 bridgehead atoms. The lowest BCUT2D eigenvalue weighted by Gasteiger charge is -2.33. The summed E-state index contributed by atoms with van der Waals surface area (Å²) in [6, 6.07) is 4.71. The van der Waals surface area contributed by atoms with Crippen molar-refractivity contribution < 1.29 is 5.11 Å². The zero-order valence-corrected chi connectivity index (χ0v) is 13.8. The molecule has 7 heteroatoms. The van der Waals surface area contributed by atoms with Gasteiger partial charge in [-0.25, -0.2) is 5.43 Å². The molecule has 4 atom stereocenters. The van der Waals surface area contributed by atoms with E-state index in [4.69, 9.17) is 0 Å². The van der Waals surface area contributed by atoms with Crippen LogP contribution in [0.2, 0.25) is 0 Å². The minimum absolute atomic E-state index is 0.0458. The summed E-state index contributed by atoms with van der Waals surface area (Å²) >= 11 is 0. The lowest BCUT2D eigenvalue weighted by molar-refractivity contribution is 0.264. The van der Waals surface area contributed by atoms with Crippen molar-refractivity contribution in [2.24, 2.45) is 5.92 Å². The van der Waals surface area contributed by atoms with E-state index >= 15 is 0 Å². The zero-order valence-electron chi connectivity index (χ0n) is 13.8. The normalized spacial score (nSPS) is 29.6. The summed E-state index contributed by atoms with van der Waals surface area (Å²) in [4.78, 5) is 4.53. The number of nitrogens with zero attached hydrogens (tertiary/aromatic N) is 3. The van der Waals surface area contributed by atoms with Crippen molar-refractivity contribution in [1.82, 2.24) is 30.9 Å². The average molecular weight is 328 g/mol. The standard InChI is InChI=1S/C17H24N6O/c1-2-23-9-12(7-20-23)14-6-13-16(8-19-14)21-22-17(13)15-5-11(10-24)3-4-18-15/h3-5,7,9,13-14,16-17,19,21-22,24H,2,6,8,10H2,1H3. The van der Waals surface area contributed by atoms with Crippen molar-refractivity contribution in [2.45, 2.75) is 44.6 Å². The van der Waals surface area contributed by atoms with Gasteiger partial charge in [-0.1, -0.05) is 0 Å². The van der Waals surface area contributed by atoms with Crippen LogP contribution in [0.1, 0.15) is 42.2 Å². The molecule has 0 aliphatic carbocycles. The Balaban J connectivity index is 1.54. The van der Waals surface area contributed by atoms with E-state index in [1.807, 2.05) is 23.0 Å². The molecule has 2 aliphatic heterocycles. The maximum Gasteiger partial charge on any atom is 0.0683 e. The number of piperidine rings is 1. The molecule has 7 nitrogen and oxygen atoms in total. The molecule has 128 valence electrons. The predicted octanol–water partition coefficient (Wildman–Crippen LogP) is 0.659. The van der Waals surface area contributed by atoms with Gasteiger partial charge in [0.25, 0.3) is 0 Å². The molecule has 24 heavy (non-hydrogen) atoms. The number of aliphatic hydroxyl groups is 1. The van der Waals surface area contributed by atoms with Crippen LogP contribution in [-0.4, -0.2) is 32.5 Å². The number of nitrogens with one attached hydrogen (secondary N) is 3. The second-order valence-electron chi connectivity index (χ2n) is 6.61. The summed E-state index contributed by atoms with van der Waals surface area (Å²) in [6.07, 6.45) is 6.90. The fraction of sp³-hybridized carbons (Fsp3) is 0.529. The van der Waals surface area contributed by atoms with Crippen LogP contribution in [0.5, 0.6) is 0 Å². The average Bonchev–Trinajstić information content (AvgIpc) is 3.28. The summed E-state index contributed by atoms with van der Waals surface area (Å²) in [7, 11) is 0. The fourth-order valence-electron chi connectivity index (χ4n) is 3.81. The van der Waals surface area contributed by atoms with Gasteiger partial charge in [0.15, 0.2) is 0 Å². The molecule has 0 aromatic carbocycles. The molecule has 2 fully saturated rings. The highest BCUT2D eigenvalue weighted by molar-refractivity contribution is 5.22. The van der Waals surface area contributed by atoms with Crippen LogP contribution in [0, 0.1) is 5.92 Å². The van der Waals surface area contributed by atoms with Crippen molar-refractivity contribution in [2.75, 3.05) is 6.54 Å². The number of aromatic nitrogens is 3. The third kappa shape index (κ3) is 2.84. The first-order valence-corrected chi connectivity index (χ1v) is 8.61. The molecular formula is C17H24N6O. The van der Waals surface area contributed by atoms with E-state index in [0.717, 1.165) is 30.8 Å². The van der Waals surface area contributed by atoms with Crippen molar-refractivity contribution in [1.29, 1.82) is 0 Å². The Kier molecular flexibility index (Phi) is 4.32. The predicted molar refractivity (Wildman–Crippen MR) is 89.7 cm³/mol. The topological polar surface area (TPSA) is 87.0 Å². The molecule has 0 radical (unpaired) electrons. The lowest BCUT2D eigenvalue weighted by atomic mass is 9.81. The van der Waals surface area contributed by atoms with Crippen molar-refractivity contribution in [3.05, 3.63) is 47.5 Å². The number of hydrazine groups is 1. The molecule has 2 aromatic heterocycles. The van der Waals surface area contributed by atoms with Gasteiger partial charge in [0.05, 0.1) is 24.5 Å². The highest BCUT2D eigenvalue weighted by Crippen LogP contribution is 2.37. The maximum absolute atomic E-state index is 9.37. The van der Waals surface area contributed by atoms with E-state index in [0.29, 0.717) is 18.0 Å². The van der Waals surface area contributed by atoms with E-state index in [-0.39, 0.29) is 12.6 Å². The summed E-state index contributed by atoms with van der Waals surface area (Å²) in [6.45, 7) is 3.95. The number of aryl methyl sites for hydroxylation is 1. The number of pyridine rings is 1. The SMILES string of the molecule is CCn1cc(C2CC3C(CN2)NNC3c2cc(CO)ccn2)cn1. The molecule has 4 rings (SSSR count). The molecule has 0 amide bonds. The lowest BCUT2D eigenvalue weighted by Crippen LogP contribution is -2.46. The highest BCUT2D eigenvalue weighted by atomic mass is 16.3. The van der Waals surface area contributed by atoms with Gasteiger partial charge in [-0.3, -0.25) is 15.1 Å². The van der Waals surface area contributed by atoms with Gasteiger partial charge in [-0.2, -0.15) is 5.10 Å². The first-order chi connectivity index (χ1) is 11.8. The number of fused-ring (bicyclic) bond motifs is 1. The molecule has 4 unspecified atom stereocenters. The first kappa shape index (κ1) is 15.7. The minimum Gasteiger partial charge on any atom is -0.392 e. The van der Waals surface area contributed by atoms with Gasteiger partial charge < -0.3 is 10.4 Å². The molecule has 2 saturated heterocycles. The van der Waals surface area contributed by atoms with Crippen LogP contribution in [0.25, 0.3) is 0 Å². The largest absolute Gasteiger partial charge is 0.392 e. The Labute approximate surface area is 141 Å².